The largest absolute Gasteiger partial charge is 0.493 e. The van der Waals surface area contributed by atoms with Crippen molar-refractivity contribution in [1.29, 1.82) is 0 Å². The molecule has 0 aromatic heterocycles. The van der Waals surface area contributed by atoms with Gasteiger partial charge in [0.25, 0.3) is 11.1 Å². The number of carboxylic acids is 1. The summed E-state index contributed by atoms with van der Waals surface area (Å²) in [6.45, 7) is 5.09. The summed E-state index contributed by atoms with van der Waals surface area (Å²) in [4.78, 5) is 36.3. The lowest BCUT2D eigenvalue weighted by molar-refractivity contribution is -0.144. The molecular weight excluding hydrogens is 346 g/mol. The third kappa shape index (κ3) is 4.21. The summed E-state index contributed by atoms with van der Waals surface area (Å²) < 4.78 is 10.5. The predicted octanol–water partition coefficient (Wildman–Crippen LogP) is 2.77. The van der Waals surface area contributed by atoms with Crippen molar-refractivity contribution in [3.05, 3.63) is 41.3 Å². The maximum absolute atomic E-state index is 12.2. The molecule has 1 N–H and O–H groups in total. The molecule has 1 aliphatic rings. The summed E-state index contributed by atoms with van der Waals surface area (Å²) in [5.41, 5.74) is 0.622. The first-order valence-electron chi connectivity index (χ1n) is 7.31. The normalized spacial score (nSPS) is 16.9. The molecule has 2 rings (SSSR count). The first kappa shape index (κ1) is 18.6. The minimum Gasteiger partial charge on any atom is -0.493 e. The topological polar surface area (TPSA) is 93.1 Å². The van der Waals surface area contributed by atoms with Gasteiger partial charge >= 0.3 is 5.97 Å². The lowest BCUT2D eigenvalue weighted by atomic mass is 10.2. The number of hydrogen-bond acceptors (Lipinski definition) is 6. The van der Waals surface area contributed by atoms with Gasteiger partial charge in [0, 0.05) is 6.54 Å². The Morgan fingerprint density at radius 2 is 2.12 bits per heavy atom. The van der Waals surface area contributed by atoms with E-state index in [-0.39, 0.29) is 23.4 Å². The molecule has 0 aliphatic carbocycles. The van der Waals surface area contributed by atoms with Gasteiger partial charge in [-0.15, -0.1) is 6.58 Å². The van der Waals surface area contributed by atoms with Crippen LogP contribution in [0.4, 0.5) is 4.79 Å². The van der Waals surface area contributed by atoms with Crippen LogP contribution in [0.1, 0.15) is 12.5 Å². The van der Waals surface area contributed by atoms with E-state index in [0.717, 1.165) is 16.7 Å². The number of hydrogen-bond donors (Lipinski definition) is 1. The molecule has 0 radical (unpaired) electrons. The van der Waals surface area contributed by atoms with Gasteiger partial charge in [-0.1, -0.05) is 12.1 Å². The van der Waals surface area contributed by atoms with E-state index in [2.05, 4.69) is 6.58 Å². The van der Waals surface area contributed by atoms with E-state index in [0.29, 0.717) is 16.2 Å². The number of aliphatic carboxylic acids is 1. The Hall–Kier alpha value is -2.74. The van der Waals surface area contributed by atoms with Gasteiger partial charge in [-0.3, -0.25) is 14.5 Å². The second-order valence-electron chi connectivity index (χ2n) is 5.09. The van der Waals surface area contributed by atoms with Gasteiger partial charge in [-0.2, -0.15) is 0 Å². The number of carboxylic acid groups (broad SMARTS) is 1. The van der Waals surface area contributed by atoms with Crippen LogP contribution in [0.2, 0.25) is 0 Å². The number of rotatable bonds is 7. The molecule has 1 aromatic carbocycles. The Labute approximate surface area is 148 Å². The Morgan fingerprint density at radius 3 is 2.72 bits per heavy atom. The van der Waals surface area contributed by atoms with Crippen molar-refractivity contribution in [2.45, 2.75) is 13.0 Å². The highest BCUT2D eigenvalue weighted by Gasteiger charge is 2.34. The highest BCUT2D eigenvalue weighted by atomic mass is 32.2. The molecule has 0 saturated carbocycles. The monoisotopic (exact) mass is 363 g/mol. The third-order valence-corrected chi connectivity index (χ3v) is 4.23. The van der Waals surface area contributed by atoms with Gasteiger partial charge in [0.2, 0.25) is 0 Å². The molecule has 2 amide bonds. The van der Waals surface area contributed by atoms with Crippen LogP contribution in [0, 0.1) is 0 Å². The van der Waals surface area contributed by atoms with E-state index in [1.807, 2.05) is 0 Å². The molecule has 0 spiro atoms. The molecule has 0 unspecified atom stereocenters. The van der Waals surface area contributed by atoms with Gasteiger partial charge in [-0.25, -0.2) is 4.79 Å². The quantitative estimate of drug-likeness (QED) is 0.588. The number of thioether (sulfide) groups is 1. The van der Waals surface area contributed by atoms with Crippen LogP contribution < -0.4 is 9.47 Å². The number of nitrogens with zero attached hydrogens (tertiary/aromatic N) is 1. The molecule has 1 fully saturated rings. The maximum atomic E-state index is 12.2. The van der Waals surface area contributed by atoms with E-state index in [1.165, 1.54) is 20.1 Å². The number of benzene rings is 1. The van der Waals surface area contributed by atoms with E-state index in [1.54, 1.807) is 24.3 Å². The van der Waals surface area contributed by atoms with E-state index < -0.39 is 12.1 Å². The standard InChI is InChI=1S/C17H17NO6S/c1-4-7-18-15(19)14(25-17(18)22)9-11-5-6-12(13(8-11)23-3)24-10(2)16(20)21/h4-6,8-10H,1,7H2,2-3H3,(H,20,21)/b14-9-/t10-/m0/s1. The van der Waals surface area contributed by atoms with Crippen molar-refractivity contribution in [2.24, 2.45) is 0 Å². The van der Waals surface area contributed by atoms with Crippen LogP contribution in [0.25, 0.3) is 6.08 Å². The van der Waals surface area contributed by atoms with Crippen molar-refractivity contribution in [3.63, 3.8) is 0 Å². The van der Waals surface area contributed by atoms with Crippen molar-refractivity contribution in [3.8, 4) is 11.5 Å². The van der Waals surface area contributed by atoms with Gasteiger partial charge in [0.1, 0.15) is 0 Å². The molecule has 1 saturated heterocycles. The summed E-state index contributed by atoms with van der Waals surface area (Å²) in [5.74, 6) is -0.878. The van der Waals surface area contributed by atoms with Gasteiger partial charge in [0.05, 0.1) is 12.0 Å². The van der Waals surface area contributed by atoms with E-state index in [4.69, 9.17) is 14.6 Å². The molecular formula is C17H17NO6S. The van der Waals surface area contributed by atoms with E-state index in [9.17, 15) is 14.4 Å². The first-order chi connectivity index (χ1) is 11.9. The number of methoxy groups -OCH3 is 1. The van der Waals surface area contributed by atoms with Crippen LogP contribution in [-0.2, 0) is 9.59 Å². The van der Waals surface area contributed by atoms with E-state index >= 15 is 0 Å². The predicted molar refractivity (Wildman–Crippen MR) is 93.6 cm³/mol. The molecule has 1 aromatic rings. The first-order valence-corrected chi connectivity index (χ1v) is 8.12. The molecule has 132 valence electrons. The Balaban J connectivity index is 2.26. The molecule has 1 aliphatic heterocycles. The molecule has 1 atom stereocenters. The van der Waals surface area contributed by atoms with Crippen LogP contribution in [0.3, 0.4) is 0 Å². The fraction of sp³-hybridized carbons (Fsp3) is 0.235. The molecule has 0 bridgehead atoms. The Morgan fingerprint density at radius 1 is 1.40 bits per heavy atom. The smallest absolute Gasteiger partial charge is 0.344 e. The van der Waals surface area contributed by atoms with Crippen LogP contribution >= 0.6 is 11.8 Å². The number of ether oxygens (including phenoxy) is 2. The summed E-state index contributed by atoms with van der Waals surface area (Å²) in [5, 5.41) is 8.57. The number of carbonyl (C=O) groups excluding carboxylic acids is 2. The van der Waals surface area contributed by atoms with Crippen molar-refractivity contribution < 1.29 is 29.0 Å². The Bertz CT molecular complexity index is 758. The van der Waals surface area contributed by atoms with Crippen molar-refractivity contribution in [2.75, 3.05) is 13.7 Å². The maximum Gasteiger partial charge on any atom is 0.344 e. The third-order valence-electron chi connectivity index (χ3n) is 3.32. The average molecular weight is 363 g/mol. The number of carbonyl (C=O) groups is 3. The van der Waals surface area contributed by atoms with Crippen molar-refractivity contribution >= 4 is 35.0 Å². The summed E-state index contributed by atoms with van der Waals surface area (Å²) in [7, 11) is 1.43. The zero-order valence-corrected chi connectivity index (χ0v) is 14.5. The minimum absolute atomic E-state index is 0.158. The second-order valence-corrected chi connectivity index (χ2v) is 6.08. The average Bonchev–Trinajstić information content (AvgIpc) is 2.83. The van der Waals surface area contributed by atoms with Crippen molar-refractivity contribution in [1.82, 2.24) is 4.90 Å². The lowest BCUT2D eigenvalue weighted by Gasteiger charge is -2.14. The summed E-state index contributed by atoms with van der Waals surface area (Å²) in [6.07, 6.45) is 2.02. The fourth-order valence-corrected chi connectivity index (χ4v) is 2.90. The van der Waals surface area contributed by atoms with Gasteiger partial charge < -0.3 is 14.6 Å². The van der Waals surface area contributed by atoms with Crippen LogP contribution in [-0.4, -0.2) is 46.9 Å². The van der Waals surface area contributed by atoms with Crippen LogP contribution in [0.15, 0.2) is 35.8 Å². The highest BCUT2D eigenvalue weighted by Crippen LogP contribution is 2.34. The SMILES string of the molecule is C=CCN1C(=O)S/C(=C\c2ccc(O[C@@H](C)C(=O)O)c(OC)c2)C1=O. The second kappa shape index (κ2) is 7.89. The molecule has 25 heavy (non-hydrogen) atoms. The zero-order valence-electron chi connectivity index (χ0n) is 13.7. The van der Waals surface area contributed by atoms with Gasteiger partial charge in [-0.05, 0) is 42.5 Å². The molecule has 1 heterocycles. The minimum atomic E-state index is -1.10. The summed E-state index contributed by atoms with van der Waals surface area (Å²) in [6, 6.07) is 4.80. The number of amides is 2. The summed E-state index contributed by atoms with van der Waals surface area (Å²) >= 11 is 0.850. The van der Waals surface area contributed by atoms with Crippen LogP contribution in [0.5, 0.6) is 11.5 Å². The molecule has 8 heteroatoms. The Kier molecular flexibility index (Phi) is 5.87. The van der Waals surface area contributed by atoms with Gasteiger partial charge in [0.15, 0.2) is 17.6 Å². The number of imide groups is 1. The highest BCUT2D eigenvalue weighted by molar-refractivity contribution is 8.18. The lowest BCUT2D eigenvalue weighted by Crippen LogP contribution is -2.27. The molecule has 7 nitrogen and oxygen atoms in total. The zero-order chi connectivity index (χ0) is 18.6. The fourth-order valence-electron chi connectivity index (χ4n) is 2.05.